The highest BCUT2D eigenvalue weighted by Crippen LogP contribution is 2.19. The molecule has 1 aromatic rings. The van der Waals surface area contributed by atoms with Gasteiger partial charge in [-0.15, -0.1) is 0 Å². The fourth-order valence-electron chi connectivity index (χ4n) is 2.15. The average molecular weight is 304 g/mol. The molecule has 0 bridgehead atoms. The Labute approximate surface area is 116 Å². The summed E-state index contributed by atoms with van der Waals surface area (Å²) in [6, 6.07) is 3.15. The lowest BCUT2D eigenvalue weighted by atomic mass is 10.2. The van der Waals surface area contributed by atoms with E-state index in [-0.39, 0.29) is 17.6 Å². The van der Waals surface area contributed by atoms with Gasteiger partial charge in [0.2, 0.25) is 10.0 Å². The first-order valence-electron chi connectivity index (χ1n) is 5.76. The van der Waals surface area contributed by atoms with Gasteiger partial charge in [-0.05, 0) is 24.5 Å². The smallest absolute Gasteiger partial charge is 0.272 e. The summed E-state index contributed by atoms with van der Waals surface area (Å²) in [7, 11) is -3.50. The van der Waals surface area contributed by atoms with E-state index in [2.05, 4.69) is 4.98 Å². The van der Waals surface area contributed by atoms with E-state index >= 15 is 0 Å². The van der Waals surface area contributed by atoms with Gasteiger partial charge in [0, 0.05) is 19.3 Å². The van der Waals surface area contributed by atoms with Gasteiger partial charge in [-0.2, -0.15) is 0 Å². The summed E-state index contributed by atoms with van der Waals surface area (Å²) in [6.07, 6.45) is 2.04. The molecule has 1 saturated heterocycles. The Morgan fingerprint density at radius 2 is 2.26 bits per heavy atom. The number of carbonyl (C=O) groups is 1. The second-order valence-corrected chi connectivity index (χ2v) is 6.69. The van der Waals surface area contributed by atoms with E-state index in [1.807, 2.05) is 0 Å². The summed E-state index contributed by atoms with van der Waals surface area (Å²) in [6.45, 7) is 0.906. The first-order valence-corrected chi connectivity index (χ1v) is 7.86. The Morgan fingerprint density at radius 1 is 1.53 bits per heavy atom. The van der Waals surface area contributed by atoms with Crippen LogP contribution in [0.25, 0.3) is 0 Å². The molecule has 19 heavy (non-hydrogen) atoms. The minimum Gasteiger partial charge on any atom is -0.337 e. The van der Waals surface area contributed by atoms with Crippen molar-refractivity contribution in [2.24, 2.45) is 11.1 Å². The SMILES string of the molecule is NS(=O)(=O)C[C@@H]1CCN(C(=O)c2ccc(Cl)cn2)C1. The van der Waals surface area contributed by atoms with Crippen LogP contribution in [-0.4, -0.2) is 43.1 Å². The third-order valence-electron chi connectivity index (χ3n) is 2.99. The summed E-state index contributed by atoms with van der Waals surface area (Å²) < 4.78 is 22.0. The lowest BCUT2D eigenvalue weighted by molar-refractivity contribution is 0.0782. The zero-order chi connectivity index (χ0) is 14.0. The second kappa shape index (κ2) is 5.44. The zero-order valence-electron chi connectivity index (χ0n) is 10.1. The molecule has 0 aromatic carbocycles. The predicted molar refractivity (Wildman–Crippen MR) is 71.2 cm³/mol. The van der Waals surface area contributed by atoms with Gasteiger partial charge in [-0.1, -0.05) is 11.6 Å². The van der Waals surface area contributed by atoms with Crippen LogP contribution in [0.2, 0.25) is 5.02 Å². The van der Waals surface area contributed by atoms with Crippen LogP contribution >= 0.6 is 11.6 Å². The van der Waals surface area contributed by atoms with Gasteiger partial charge in [-0.25, -0.2) is 18.5 Å². The number of pyridine rings is 1. The minimum atomic E-state index is -3.50. The molecule has 1 aliphatic rings. The molecule has 8 heteroatoms. The van der Waals surface area contributed by atoms with Crippen molar-refractivity contribution in [3.05, 3.63) is 29.0 Å². The Kier molecular flexibility index (Phi) is 4.07. The van der Waals surface area contributed by atoms with E-state index in [0.29, 0.717) is 30.2 Å². The zero-order valence-corrected chi connectivity index (χ0v) is 11.7. The van der Waals surface area contributed by atoms with Crippen LogP contribution in [-0.2, 0) is 10.0 Å². The quantitative estimate of drug-likeness (QED) is 0.879. The Bertz CT molecular complexity index is 573. The highest BCUT2D eigenvalue weighted by Gasteiger charge is 2.29. The number of sulfonamides is 1. The highest BCUT2D eigenvalue weighted by molar-refractivity contribution is 7.89. The number of nitrogens with zero attached hydrogens (tertiary/aromatic N) is 2. The van der Waals surface area contributed by atoms with Crippen molar-refractivity contribution < 1.29 is 13.2 Å². The normalized spacial score (nSPS) is 19.7. The van der Waals surface area contributed by atoms with Crippen molar-refractivity contribution in [2.45, 2.75) is 6.42 Å². The molecule has 0 saturated carbocycles. The van der Waals surface area contributed by atoms with Crippen LogP contribution in [0.4, 0.5) is 0 Å². The van der Waals surface area contributed by atoms with Crippen molar-refractivity contribution in [2.75, 3.05) is 18.8 Å². The standard InChI is InChI=1S/C11H14ClN3O3S/c12-9-1-2-10(14-5-9)11(16)15-4-3-8(6-15)7-19(13,17)18/h1-2,5,8H,3-4,6-7H2,(H2,13,17,18)/t8-/m1/s1. The lowest BCUT2D eigenvalue weighted by Gasteiger charge is -2.15. The third kappa shape index (κ3) is 3.89. The molecule has 1 amide bonds. The maximum atomic E-state index is 12.1. The molecule has 6 nitrogen and oxygen atoms in total. The monoisotopic (exact) mass is 303 g/mol. The minimum absolute atomic E-state index is 0.0924. The summed E-state index contributed by atoms with van der Waals surface area (Å²) in [5, 5.41) is 5.47. The van der Waals surface area contributed by atoms with Gasteiger partial charge in [0.1, 0.15) is 5.69 Å². The molecule has 2 N–H and O–H groups in total. The van der Waals surface area contributed by atoms with Crippen molar-refractivity contribution in [1.82, 2.24) is 9.88 Å². The number of aromatic nitrogens is 1. The molecule has 0 unspecified atom stereocenters. The summed E-state index contributed by atoms with van der Waals surface area (Å²) in [4.78, 5) is 17.7. The Hall–Kier alpha value is -1.18. The Balaban J connectivity index is 2.01. The van der Waals surface area contributed by atoms with Gasteiger partial charge in [0.05, 0.1) is 10.8 Å². The molecule has 1 aromatic heterocycles. The first-order chi connectivity index (χ1) is 8.85. The summed E-state index contributed by atoms with van der Waals surface area (Å²) in [5.74, 6) is -0.412. The largest absolute Gasteiger partial charge is 0.337 e. The number of likely N-dealkylation sites (tertiary alicyclic amines) is 1. The summed E-state index contributed by atoms with van der Waals surface area (Å²) >= 11 is 5.70. The molecule has 2 heterocycles. The maximum absolute atomic E-state index is 12.1. The molecule has 0 aliphatic carbocycles. The lowest BCUT2D eigenvalue weighted by Crippen LogP contribution is -2.31. The number of nitrogens with two attached hydrogens (primary N) is 1. The van der Waals surface area contributed by atoms with Crippen molar-refractivity contribution >= 4 is 27.5 Å². The van der Waals surface area contributed by atoms with Gasteiger partial charge in [-0.3, -0.25) is 4.79 Å². The van der Waals surface area contributed by atoms with Gasteiger partial charge >= 0.3 is 0 Å². The van der Waals surface area contributed by atoms with E-state index in [1.165, 1.54) is 6.20 Å². The molecule has 2 rings (SSSR count). The number of halogens is 1. The third-order valence-corrected chi connectivity index (χ3v) is 4.15. The maximum Gasteiger partial charge on any atom is 0.272 e. The van der Waals surface area contributed by atoms with E-state index in [1.54, 1.807) is 17.0 Å². The topological polar surface area (TPSA) is 93.4 Å². The molecular formula is C11H14ClN3O3S. The van der Waals surface area contributed by atoms with Crippen LogP contribution in [0.3, 0.4) is 0 Å². The number of hydrogen-bond acceptors (Lipinski definition) is 4. The fourth-order valence-corrected chi connectivity index (χ4v) is 3.19. The van der Waals surface area contributed by atoms with E-state index in [9.17, 15) is 13.2 Å². The number of primary sulfonamides is 1. The van der Waals surface area contributed by atoms with Crippen LogP contribution in [0, 0.1) is 5.92 Å². The van der Waals surface area contributed by atoms with Crippen molar-refractivity contribution in [1.29, 1.82) is 0 Å². The van der Waals surface area contributed by atoms with E-state index < -0.39 is 10.0 Å². The molecular weight excluding hydrogens is 290 g/mol. The molecule has 1 fully saturated rings. The van der Waals surface area contributed by atoms with Gasteiger partial charge in [0.15, 0.2) is 0 Å². The van der Waals surface area contributed by atoms with Crippen LogP contribution < -0.4 is 5.14 Å². The Morgan fingerprint density at radius 3 is 2.84 bits per heavy atom. The van der Waals surface area contributed by atoms with Crippen molar-refractivity contribution in [3.8, 4) is 0 Å². The van der Waals surface area contributed by atoms with Gasteiger partial charge < -0.3 is 4.90 Å². The number of rotatable bonds is 3. The molecule has 1 atom stereocenters. The van der Waals surface area contributed by atoms with E-state index in [4.69, 9.17) is 16.7 Å². The summed E-state index contributed by atoms with van der Waals surface area (Å²) in [5.41, 5.74) is 0.306. The highest BCUT2D eigenvalue weighted by atomic mass is 35.5. The molecule has 0 radical (unpaired) electrons. The van der Waals surface area contributed by atoms with Crippen LogP contribution in [0.15, 0.2) is 18.3 Å². The first kappa shape index (κ1) is 14.2. The number of hydrogen-bond donors (Lipinski definition) is 1. The molecule has 0 spiro atoms. The van der Waals surface area contributed by atoms with E-state index in [0.717, 1.165) is 0 Å². The van der Waals surface area contributed by atoms with Crippen molar-refractivity contribution in [3.63, 3.8) is 0 Å². The van der Waals surface area contributed by atoms with Crippen LogP contribution in [0.1, 0.15) is 16.9 Å². The second-order valence-electron chi connectivity index (χ2n) is 4.60. The molecule has 1 aliphatic heterocycles. The number of amides is 1. The average Bonchev–Trinajstić information content (AvgIpc) is 2.75. The molecule has 104 valence electrons. The number of carbonyl (C=O) groups excluding carboxylic acids is 1. The van der Waals surface area contributed by atoms with Crippen LogP contribution in [0.5, 0.6) is 0 Å². The fraction of sp³-hybridized carbons (Fsp3) is 0.455. The predicted octanol–water partition coefficient (Wildman–Crippen LogP) is 0.486. The van der Waals surface area contributed by atoms with Gasteiger partial charge in [0.25, 0.3) is 5.91 Å².